The first-order valence-corrected chi connectivity index (χ1v) is 5.94. The molecule has 4 nitrogen and oxygen atoms in total. The average molecular weight is 257 g/mol. The number of phenolic OH excluding ortho intramolecular Hbond substituents is 1. The molecule has 19 heavy (non-hydrogen) atoms. The molecule has 0 radical (unpaired) electrons. The van der Waals surface area contributed by atoms with Crippen LogP contribution in [-0.4, -0.2) is 16.1 Å². The van der Waals surface area contributed by atoms with Gasteiger partial charge < -0.3 is 15.5 Å². The number of aromatic hydroxyl groups is 1. The number of phenols is 1. The number of hydrogen-bond acceptors (Lipinski definition) is 3. The molecule has 1 atom stereocenters. The van der Waals surface area contributed by atoms with Crippen LogP contribution in [0.5, 0.6) is 5.75 Å². The summed E-state index contributed by atoms with van der Waals surface area (Å²) in [4.78, 5) is 12.0. The van der Waals surface area contributed by atoms with E-state index in [2.05, 4.69) is 5.32 Å². The van der Waals surface area contributed by atoms with Crippen LogP contribution in [0.2, 0.25) is 0 Å². The standard InChI is InChI=1S/C15H15NO3/c1-10(17)11-4-2-6-13(8-11)16-15(19)12-5-3-7-14(18)9-12/h2-10,17-18H,1H3,(H,16,19). The molecule has 1 amide bonds. The fourth-order valence-corrected chi connectivity index (χ4v) is 1.73. The summed E-state index contributed by atoms with van der Waals surface area (Å²) >= 11 is 0. The minimum absolute atomic E-state index is 0.0466. The summed E-state index contributed by atoms with van der Waals surface area (Å²) in [5.74, 6) is -0.260. The highest BCUT2D eigenvalue weighted by Crippen LogP contribution is 2.18. The van der Waals surface area contributed by atoms with Crippen molar-refractivity contribution in [1.29, 1.82) is 0 Å². The number of aliphatic hydroxyl groups excluding tert-OH is 1. The average Bonchev–Trinajstić information content (AvgIpc) is 2.39. The van der Waals surface area contributed by atoms with Crippen molar-refractivity contribution in [3.8, 4) is 5.75 Å². The highest BCUT2D eigenvalue weighted by atomic mass is 16.3. The number of carbonyl (C=O) groups excluding carboxylic acids is 1. The van der Waals surface area contributed by atoms with E-state index in [9.17, 15) is 15.0 Å². The maximum Gasteiger partial charge on any atom is 0.255 e. The fourth-order valence-electron chi connectivity index (χ4n) is 1.73. The Labute approximate surface area is 111 Å². The molecule has 0 aliphatic carbocycles. The van der Waals surface area contributed by atoms with Gasteiger partial charge in [-0.15, -0.1) is 0 Å². The molecule has 3 N–H and O–H groups in total. The van der Waals surface area contributed by atoms with Gasteiger partial charge in [-0.05, 0) is 42.8 Å². The molecule has 2 aromatic rings. The molecule has 0 saturated heterocycles. The zero-order chi connectivity index (χ0) is 13.8. The summed E-state index contributed by atoms with van der Waals surface area (Å²) in [5.41, 5.74) is 1.71. The summed E-state index contributed by atoms with van der Waals surface area (Å²) in [6.45, 7) is 1.66. The highest BCUT2D eigenvalue weighted by Gasteiger charge is 2.08. The van der Waals surface area contributed by atoms with E-state index in [-0.39, 0.29) is 11.7 Å². The predicted molar refractivity (Wildman–Crippen MR) is 73.1 cm³/mol. The zero-order valence-corrected chi connectivity index (χ0v) is 10.5. The summed E-state index contributed by atoms with van der Waals surface area (Å²) in [5, 5.41) is 21.5. The summed E-state index contributed by atoms with van der Waals surface area (Å²) in [7, 11) is 0. The number of amides is 1. The Morgan fingerprint density at radius 1 is 1.16 bits per heavy atom. The number of aliphatic hydroxyl groups is 1. The second kappa shape index (κ2) is 5.54. The van der Waals surface area contributed by atoms with Crippen LogP contribution in [0.1, 0.15) is 28.9 Å². The van der Waals surface area contributed by atoms with Crippen LogP contribution < -0.4 is 5.32 Å². The highest BCUT2D eigenvalue weighted by molar-refractivity contribution is 6.04. The number of nitrogens with one attached hydrogen (secondary N) is 1. The Bertz CT molecular complexity index is 593. The van der Waals surface area contributed by atoms with E-state index in [0.717, 1.165) is 5.56 Å². The molecule has 0 spiro atoms. The molecular weight excluding hydrogens is 242 g/mol. The van der Waals surface area contributed by atoms with Crippen molar-refractivity contribution in [3.63, 3.8) is 0 Å². The molecule has 2 rings (SSSR count). The number of benzene rings is 2. The van der Waals surface area contributed by atoms with Crippen LogP contribution in [0.25, 0.3) is 0 Å². The molecule has 0 aliphatic heterocycles. The first-order valence-electron chi connectivity index (χ1n) is 5.94. The van der Waals surface area contributed by atoms with Crippen LogP contribution in [0.3, 0.4) is 0 Å². The molecular formula is C15H15NO3. The molecule has 4 heteroatoms. The maximum absolute atomic E-state index is 12.0. The van der Waals surface area contributed by atoms with Crippen molar-refractivity contribution >= 4 is 11.6 Å². The van der Waals surface area contributed by atoms with Crippen LogP contribution in [0.15, 0.2) is 48.5 Å². The normalized spacial score (nSPS) is 11.9. The predicted octanol–water partition coefficient (Wildman–Crippen LogP) is 2.70. The Morgan fingerprint density at radius 2 is 1.89 bits per heavy atom. The third kappa shape index (κ3) is 3.33. The van der Waals surface area contributed by atoms with E-state index >= 15 is 0 Å². The van der Waals surface area contributed by atoms with Gasteiger partial charge in [-0.3, -0.25) is 4.79 Å². The second-order valence-electron chi connectivity index (χ2n) is 4.31. The molecule has 0 fully saturated rings. The minimum Gasteiger partial charge on any atom is -0.508 e. The molecule has 98 valence electrons. The monoisotopic (exact) mass is 257 g/mol. The van der Waals surface area contributed by atoms with Gasteiger partial charge in [0.2, 0.25) is 0 Å². The van der Waals surface area contributed by atoms with Crippen LogP contribution in [0.4, 0.5) is 5.69 Å². The Hall–Kier alpha value is -2.33. The first-order chi connectivity index (χ1) is 9.06. The van der Waals surface area contributed by atoms with Crippen LogP contribution >= 0.6 is 0 Å². The molecule has 0 saturated carbocycles. The van der Waals surface area contributed by atoms with Gasteiger partial charge in [0.25, 0.3) is 5.91 Å². The van der Waals surface area contributed by atoms with Gasteiger partial charge in [0.15, 0.2) is 0 Å². The van der Waals surface area contributed by atoms with Crippen molar-refractivity contribution in [1.82, 2.24) is 0 Å². The largest absolute Gasteiger partial charge is 0.508 e. The van der Waals surface area contributed by atoms with E-state index in [1.165, 1.54) is 12.1 Å². The fraction of sp³-hybridized carbons (Fsp3) is 0.133. The van der Waals surface area contributed by atoms with Gasteiger partial charge in [-0.25, -0.2) is 0 Å². The lowest BCUT2D eigenvalue weighted by Crippen LogP contribution is -2.11. The van der Waals surface area contributed by atoms with E-state index < -0.39 is 6.10 Å². The molecule has 0 bridgehead atoms. The van der Waals surface area contributed by atoms with Crippen molar-refractivity contribution in [2.24, 2.45) is 0 Å². The van der Waals surface area contributed by atoms with Crippen molar-refractivity contribution in [2.75, 3.05) is 5.32 Å². The van der Waals surface area contributed by atoms with Gasteiger partial charge in [0.05, 0.1) is 6.10 Å². The second-order valence-corrected chi connectivity index (χ2v) is 4.31. The zero-order valence-electron chi connectivity index (χ0n) is 10.5. The summed E-state index contributed by atoms with van der Waals surface area (Å²) in [6.07, 6.45) is -0.586. The number of hydrogen-bond donors (Lipinski definition) is 3. The molecule has 1 unspecified atom stereocenters. The number of rotatable bonds is 3. The van der Waals surface area contributed by atoms with Gasteiger partial charge in [0, 0.05) is 11.3 Å². The van der Waals surface area contributed by atoms with E-state index in [1.807, 2.05) is 0 Å². The Balaban J connectivity index is 2.17. The molecule has 0 aliphatic rings. The topological polar surface area (TPSA) is 69.6 Å². The Kier molecular flexibility index (Phi) is 3.82. The smallest absolute Gasteiger partial charge is 0.255 e. The van der Waals surface area contributed by atoms with Gasteiger partial charge >= 0.3 is 0 Å². The molecule has 2 aromatic carbocycles. The Morgan fingerprint density at radius 3 is 2.58 bits per heavy atom. The van der Waals surface area contributed by atoms with Crippen molar-refractivity contribution < 1.29 is 15.0 Å². The summed E-state index contributed by atoms with van der Waals surface area (Å²) < 4.78 is 0. The van der Waals surface area contributed by atoms with Crippen molar-refractivity contribution in [3.05, 3.63) is 59.7 Å². The lowest BCUT2D eigenvalue weighted by atomic mass is 10.1. The first kappa shape index (κ1) is 13.1. The van der Waals surface area contributed by atoms with Crippen LogP contribution in [-0.2, 0) is 0 Å². The van der Waals surface area contributed by atoms with E-state index in [0.29, 0.717) is 11.3 Å². The molecule has 0 heterocycles. The molecule has 0 aromatic heterocycles. The SMILES string of the molecule is CC(O)c1cccc(NC(=O)c2cccc(O)c2)c1. The van der Waals surface area contributed by atoms with Gasteiger partial charge in [-0.1, -0.05) is 18.2 Å². The van der Waals surface area contributed by atoms with Gasteiger partial charge in [0.1, 0.15) is 5.75 Å². The van der Waals surface area contributed by atoms with E-state index in [1.54, 1.807) is 43.3 Å². The van der Waals surface area contributed by atoms with E-state index in [4.69, 9.17) is 0 Å². The lowest BCUT2D eigenvalue weighted by molar-refractivity contribution is 0.102. The quantitative estimate of drug-likeness (QED) is 0.791. The summed E-state index contributed by atoms with van der Waals surface area (Å²) in [6, 6.07) is 13.1. The third-order valence-corrected chi connectivity index (χ3v) is 2.74. The number of carbonyl (C=O) groups is 1. The van der Waals surface area contributed by atoms with Crippen LogP contribution in [0, 0.1) is 0 Å². The number of anilines is 1. The minimum atomic E-state index is -0.586. The maximum atomic E-state index is 12.0. The van der Waals surface area contributed by atoms with Gasteiger partial charge in [-0.2, -0.15) is 0 Å². The van der Waals surface area contributed by atoms with Crippen molar-refractivity contribution in [2.45, 2.75) is 13.0 Å². The lowest BCUT2D eigenvalue weighted by Gasteiger charge is -2.09. The third-order valence-electron chi connectivity index (χ3n) is 2.74.